The summed E-state index contributed by atoms with van der Waals surface area (Å²) in [5, 5.41) is 6.14. The predicted molar refractivity (Wildman–Crippen MR) is 108 cm³/mol. The number of amides is 2. The lowest BCUT2D eigenvalue weighted by atomic mass is 9.90. The third kappa shape index (κ3) is 4.13. The first-order chi connectivity index (χ1) is 14.0. The molecule has 0 radical (unpaired) electrons. The number of aromatic nitrogens is 3. The molecule has 2 aromatic rings. The van der Waals surface area contributed by atoms with Crippen molar-refractivity contribution in [2.24, 2.45) is 0 Å². The van der Waals surface area contributed by atoms with Crippen LogP contribution in [0.5, 0.6) is 0 Å². The molecule has 0 bridgehead atoms. The molecule has 1 aliphatic carbocycles. The van der Waals surface area contributed by atoms with Crippen molar-refractivity contribution in [3.63, 3.8) is 0 Å². The molecular weight excluding hydrogens is 372 g/mol. The minimum absolute atomic E-state index is 0.0404. The minimum Gasteiger partial charge on any atom is -0.439 e. The van der Waals surface area contributed by atoms with Gasteiger partial charge in [-0.05, 0) is 44.7 Å². The number of ether oxygens (including phenoxy) is 1. The number of fused-ring (bicyclic) bond motifs is 1. The highest BCUT2D eigenvalue weighted by atomic mass is 16.6. The van der Waals surface area contributed by atoms with Crippen molar-refractivity contribution < 1.29 is 14.3 Å². The Morgan fingerprint density at radius 1 is 1.14 bits per heavy atom. The van der Waals surface area contributed by atoms with Gasteiger partial charge in [0.25, 0.3) is 0 Å². The average molecular weight is 396 g/mol. The summed E-state index contributed by atoms with van der Waals surface area (Å²) in [6.45, 7) is 3.28. The van der Waals surface area contributed by atoms with Crippen LogP contribution in [0, 0.1) is 0 Å². The van der Waals surface area contributed by atoms with E-state index in [-0.39, 0.29) is 30.2 Å². The Bertz CT molecular complexity index is 895. The number of carbonyl (C=O) groups is 2. The van der Waals surface area contributed by atoms with Crippen molar-refractivity contribution in [2.75, 3.05) is 15.5 Å². The molecule has 1 atom stereocenters. The van der Waals surface area contributed by atoms with Crippen molar-refractivity contribution in [3.8, 4) is 0 Å². The highest BCUT2D eigenvalue weighted by Crippen LogP contribution is 2.36. The first kappa shape index (κ1) is 19.1. The number of pyridine rings is 1. The third-order valence-corrected chi connectivity index (χ3v) is 5.29. The number of rotatable bonds is 4. The van der Waals surface area contributed by atoms with E-state index < -0.39 is 0 Å². The van der Waals surface area contributed by atoms with Gasteiger partial charge < -0.3 is 15.4 Å². The van der Waals surface area contributed by atoms with Gasteiger partial charge in [-0.25, -0.2) is 14.8 Å². The molecule has 1 saturated carbocycles. The summed E-state index contributed by atoms with van der Waals surface area (Å²) in [6, 6.07) is 3.99. The number of hydrogen-bond acceptors (Lipinski definition) is 7. The molecule has 29 heavy (non-hydrogen) atoms. The van der Waals surface area contributed by atoms with Gasteiger partial charge in [0.15, 0.2) is 5.82 Å². The van der Waals surface area contributed by atoms with Gasteiger partial charge >= 0.3 is 6.09 Å². The van der Waals surface area contributed by atoms with E-state index in [0.717, 1.165) is 31.5 Å². The van der Waals surface area contributed by atoms with Crippen LogP contribution < -0.4 is 15.5 Å². The molecule has 9 nitrogen and oxygen atoms in total. The molecule has 2 aliphatic rings. The van der Waals surface area contributed by atoms with Crippen LogP contribution in [0.15, 0.2) is 30.7 Å². The minimum atomic E-state index is -0.382. The van der Waals surface area contributed by atoms with Gasteiger partial charge in [-0.3, -0.25) is 14.7 Å². The largest absolute Gasteiger partial charge is 0.439 e. The Balaban J connectivity index is 1.38. The summed E-state index contributed by atoms with van der Waals surface area (Å²) in [5.41, 5.74) is 1.38. The number of anilines is 3. The van der Waals surface area contributed by atoms with E-state index in [1.807, 2.05) is 19.1 Å². The third-order valence-electron chi connectivity index (χ3n) is 5.29. The predicted octanol–water partition coefficient (Wildman–Crippen LogP) is 3.27. The fourth-order valence-corrected chi connectivity index (χ4v) is 3.93. The number of nitrogens with one attached hydrogen (secondary N) is 2. The molecule has 2 amide bonds. The van der Waals surface area contributed by atoms with Crippen LogP contribution in [-0.4, -0.2) is 39.0 Å². The normalized spacial score (nSPS) is 23.7. The van der Waals surface area contributed by atoms with Crippen molar-refractivity contribution in [2.45, 2.75) is 57.7 Å². The zero-order valence-electron chi connectivity index (χ0n) is 16.5. The van der Waals surface area contributed by atoms with Gasteiger partial charge in [0.05, 0.1) is 11.9 Å². The lowest BCUT2D eigenvalue weighted by Gasteiger charge is -2.39. The molecule has 3 heterocycles. The number of carbonyl (C=O) groups excluding carboxylic acids is 2. The van der Waals surface area contributed by atoms with Crippen LogP contribution >= 0.6 is 0 Å². The SMILES string of the molecule is CC(=O)Nc1ccc(NC2CCC(N3C(=O)OC(C)c4nccnc43)CC2)nc1. The Hall–Kier alpha value is -3.23. The summed E-state index contributed by atoms with van der Waals surface area (Å²) < 4.78 is 5.47. The number of cyclic esters (lactones) is 1. The number of hydrogen-bond donors (Lipinski definition) is 2. The standard InChI is InChI=1S/C20H24N6O3/c1-12-18-19(22-10-9-21-18)26(20(28)29-12)16-6-3-14(4-7-16)25-17-8-5-15(11-23-17)24-13(2)27/h5,8-12,14,16H,3-4,6-7H2,1-2H3,(H,23,25)(H,24,27). The fraction of sp³-hybridized carbons (Fsp3) is 0.450. The molecule has 1 fully saturated rings. The van der Waals surface area contributed by atoms with E-state index in [2.05, 4.69) is 25.6 Å². The molecule has 1 aliphatic heterocycles. The summed E-state index contributed by atoms with van der Waals surface area (Å²) in [4.78, 5) is 38.4. The summed E-state index contributed by atoms with van der Waals surface area (Å²) in [5.74, 6) is 1.26. The van der Waals surface area contributed by atoms with Crippen LogP contribution in [0.1, 0.15) is 51.3 Å². The molecule has 0 saturated heterocycles. The van der Waals surface area contributed by atoms with Crippen LogP contribution in [-0.2, 0) is 9.53 Å². The molecule has 0 spiro atoms. The lowest BCUT2D eigenvalue weighted by Crippen LogP contribution is -2.47. The van der Waals surface area contributed by atoms with Gasteiger partial charge in [-0.2, -0.15) is 0 Å². The van der Waals surface area contributed by atoms with Gasteiger partial charge in [-0.1, -0.05) is 0 Å². The van der Waals surface area contributed by atoms with Crippen molar-refractivity contribution in [1.29, 1.82) is 0 Å². The summed E-state index contributed by atoms with van der Waals surface area (Å²) in [6.07, 6.45) is 7.60. The lowest BCUT2D eigenvalue weighted by molar-refractivity contribution is -0.114. The highest BCUT2D eigenvalue weighted by Gasteiger charge is 2.38. The molecule has 2 N–H and O–H groups in total. The molecule has 9 heteroatoms. The Kier molecular flexibility index (Phi) is 5.28. The smallest absolute Gasteiger partial charge is 0.416 e. The van der Waals surface area contributed by atoms with Crippen molar-refractivity contribution >= 4 is 29.3 Å². The fourth-order valence-electron chi connectivity index (χ4n) is 3.93. The highest BCUT2D eigenvalue weighted by molar-refractivity contribution is 5.90. The van der Waals surface area contributed by atoms with Crippen molar-refractivity contribution in [1.82, 2.24) is 15.0 Å². The van der Waals surface area contributed by atoms with E-state index in [4.69, 9.17) is 4.74 Å². The average Bonchev–Trinajstić information content (AvgIpc) is 2.70. The Morgan fingerprint density at radius 2 is 1.90 bits per heavy atom. The molecular formula is C20H24N6O3. The Morgan fingerprint density at radius 3 is 2.59 bits per heavy atom. The van der Waals surface area contributed by atoms with Crippen LogP contribution in [0.4, 0.5) is 22.1 Å². The summed E-state index contributed by atoms with van der Waals surface area (Å²) in [7, 11) is 0. The topological polar surface area (TPSA) is 109 Å². The Labute approximate surface area is 168 Å². The van der Waals surface area contributed by atoms with E-state index >= 15 is 0 Å². The molecule has 1 unspecified atom stereocenters. The van der Waals surface area contributed by atoms with E-state index in [0.29, 0.717) is 17.2 Å². The van der Waals surface area contributed by atoms with E-state index in [9.17, 15) is 9.59 Å². The zero-order chi connectivity index (χ0) is 20.4. The van der Waals surface area contributed by atoms with Crippen LogP contribution in [0.2, 0.25) is 0 Å². The van der Waals surface area contributed by atoms with Crippen LogP contribution in [0.3, 0.4) is 0 Å². The first-order valence-electron chi connectivity index (χ1n) is 9.82. The monoisotopic (exact) mass is 396 g/mol. The summed E-state index contributed by atoms with van der Waals surface area (Å²) >= 11 is 0. The first-order valence-corrected chi connectivity index (χ1v) is 9.82. The maximum Gasteiger partial charge on any atom is 0.416 e. The second-order valence-corrected chi connectivity index (χ2v) is 7.42. The van der Waals surface area contributed by atoms with Gasteiger partial charge in [0.2, 0.25) is 5.91 Å². The van der Waals surface area contributed by atoms with E-state index in [1.54, 1.807) is 23.5 Å². The quantitative estimate of drug-likeness (QED) is 0.816. The molecule has 0 aromatic carbocycles. The van der Waals surface area contributed by atoms with Gasteiger partial charge in [0, 0.05) is 31.4 Å². The molecule has 4 rings (SSSR count). The second-order valence-electron chi connectivity index (χ2n) is 7.42. The maximum absolute atomic E-state index is 12.5. The van der Waals surface area contributed by atoms with Crippen molar-refractivity contribution in [3.05, 3.63) is 36.4 Å². The molecule has 152 valence electrons. The molecule has 2 aromatic heterocycles. The van der Waals surface area contributed by atoms with Crippen LogP contribution in [0.25, 0.3) is 0 Å². The second kappa shape index (κ2) is 8.02. The van der Waals surface area contributed by atoms with Gasteiger partial charge in [0.1, 0.15) is 17.6 Å². The van der Waals surface area contributed by atoms with E-state index in [1.165, 1.54) is 6.92 Å². The zero-order valence-corrected chi connectivity index (χ0v) is 16.5. The van der Waals surface area contributed by atoms with Gasteiger partial charge in [-0.15, -0.1) is 0 Å². The number of nitrogens with zero attached hydrogens (tertiary/aromatic N) is 4. The maximum atomic E-state index is 12.5.